The van der Waals surface area contributed by atoms with Crippen molar-refractivity contribution in [2.24, 2.45) is 0 Å². The van der Waals surface area contributed by atoms with Gasteiger partial charge in [-0.2, -0.15) is 0 Å². The molecule has 0 spiro atoms. The predicted molar refractivity (Wildman–Crippen MR) is 127 cm³/mol. The Morgan fingerprint density at radius 3 is 2.21 bits per heavy atom. The second-order valence-electron chi connectivity index (χ2n) is 8.73. The van der Waals surface area contributed by atoms with Gasteiger partial charge in [-0.05, 0) is 35.2 Å². The predicted octanol–water partition coefficient (Wildman–Crippen LogP) is 4.30. The van der Waals surface area contributed by atoms with Crippen LogP contribution >= 0.6 is 0 Å². The highest BCUT2D eigenvalue weighted by molar-refractivity contribution is 6.01. The largest absolute Gasteiger partial charge is 0.493 e. The Labute approximate surface area is 198 Å². The van der Waals surface area contributed by atoms with Crippen molar-refractivity contribution in [2.75, 3.05) is 20.8 Å². The number of carbonyl (C=O) groups is 1. The minimum Gasteiger partial charge on any atom is -0.493 e. The minimum atomic E-state index is -0.989. The highest BCUT2D eigenvalue weighted by atomic mass is 16.6. The van der Waals surface area contributed by atoms with Crippen LogP contribution in [0, 0.1) is 10.1 Å². The molecule has 2 heterocycles. The van der Waals surface area contributed by atoms with Crippen LogP contribution in [0.3, 0.4) is 0 Å². The minimum absolute atomic E-state index is 0.0901. The first-order chi connectivity index (χ1) is 16.5. The summed E-state index contributed by atoms with van der Waals surface area (Å²) >= 11 is 0. The Kier molecular flexibility index (Phi) is 5.79. The maximum Gasteiger partial charge on any atom is 0.241 e. The van der Waals surface area contributed by atoms with E-state index in [0.717, 1.165) is 16.7 Å². The number of hydrogen-bond acceptors (Lipinski definition) is 6. The lowest BCUT2D eigenvalue weighted by Gasteiger charge is -2.35. The fraction of sp³-hybridized carbons (Fsp3) is 0.296. The topological polar surface area (TPSA) is 81.9 Å². The SMILES string of the molecule is COc1cc2c(cc1OC)[C@@H]1[C@@H]([N+](=O)[O-])[C@H](c3ccccc3)[C@H](C(=O)c3ccccc3)N1CC2. The maximum absolute atomic E-state index is 13.9. The zero-order valence-corrected chi connectivity index (χ0v) is 19.1. The Bertz CT molecular complexity index is 1210. The number of rotatable bonds is 6. The van der Waals surface area contributed by atoms with Crippen LogP contribution in [-0.4, -0.2) is 48.5 Å². The van der Waals surface area contributed by atoms with Crippen molar-refractivity contribution in [1.82, 2.24) is 4.90 Å². The third-order valence-corrected chi connectivity index (χ3v) is 7.10. The lowest BCUT2D eigenvalue weighted by atomic mass is 9.82. The van der Waals surface area contributed by atoms with Crippen LogP contribution in [0.1, 0.15) is 39.0 Å². The second-order valence-corrected chi connectivity index (χ2v) is 8.73. The molecule has 1 saturated heterocycles. The van der Waals surface area contributed by atoms with E-state index < -0.39 is 24.0 Å². The van der Waals surface area contributed by atoms with E-state index in [0.29, 0.717) is 30.0 Å². The van der Waals surface area contributed by atoms with Crippen LogP contribution in [0.4, 0.5) is 0 Å². The molecular weight excluding hydrogens is 432 g/mol. The molecule has 34 heavy (non-hydrogen) atoms. The van der Waals surface area contributed by atoms with E-state index in [9.17, 15) is 14.9 Å². The van der Waals surface area contributed by atoms with Gasteiger partial charge in [-0.25, -0.2) is 0 Å². The molecule has 2 aliphatic heterocycles. The van der Waals surface area contributed by atoms with Gasteiger partial charge >= 0.3 is 0 Å². The summed E-state index contributed by atoms with van der Waals surface area (Å²) in [4.78, 5) is 28.4. The number of fused-ring (bicyclic) bond motifs is 3. The number of nitrogens with zero attached hydrogens (tertiary/aromatic N) is 2. The molecule has 2 aliphatic rings. The van der Waals surface area contributed by atoms with E-state index in [-0.39, 0.29) is 10.7 Å². The van der Waals surface area contributed by atoms with Gasteiger partial charge in [-0.1, -0.05) is 60.7 Å². The van der Waals surface area contributed by atoms with Crippen molar-refractivity contribution in [3.05, 3.63) is 105 Å². The first-order valence-electron chi connectivity index (χ1n) is 11.3. The molecular formula is C27H26N2O5. The molecule has 174 valence electrons. The molecule has 0 aliphatic carbocycles. The van der Waals surface area contributed by atoms with Crippen molar-refractivity contribution in [3.8, 4) is 11.5 Å². The van der Waals surface area contributed by atoms with E-state index >= 15 is 0 Å². The van der Waals surface area contributed by atoms with Gasteiger partial charge in [0.15, 0.2) is 17.3 Å². The van der Waals surface area contributed by atoms with Gasteiger partial charge in [-0.3, -0.25) is 19.8 Å². The van der Waals surface area contributed by atoms with Gasteiger partial charge < -0.3 is 9.47 Å². The van der Waals surface area contributed by atoms with Gasteiger partial charge in [0.25, 0.3) is 0 Å². The van der Waals surface area contributed by atoms with Gasteiger partial charge in [0, 0.05) is 17.0 Å². The molecule has 0 unspecified atom stereocenters. The van der Waals surface area contributed by atoms with Crippen LogP contribution in [-0.2, 0) is 6.42 Å². The summed E-state index contributed by atoms with van der Waals surface area (Å²) in [6, 6.07) is 20.0. The normalized spacial score (nSPS) is 23.6. The van der Waals surface area contributed by atoms with Crippen molar-refractivity contribution in [2.45, 2.75) is 30.5 Å². The molecule has 0 radical (unpaired) electrons. The quantitative estimate of drug-likeness (QED) is 0.311. The number of ether oxygens (including phenoxy) is 2. The highest BCUT2D eigenvalue weighted by Gasteiger charge is 2.60. The van der Waals surface area contributed by atoms with E-state index in [4.69, 9.17) is 9.47 Å². The fourth-order valence-corrected chi connectivity index (χ4v) is 5.67. The zero-order chi connectivity index (χ0) is 23.8. The standard InChI is InChI=1S/C27H26N2O5/c1-33-21-15-19-13-14-28-24(20(19)16-22(21)34-2)25(29(31)32)23(17-9-5-3-6-10-17)26(28)27(30)18-11-7-4-8-12-18/h3-12,15-16,23-26H,13-14H2,1-2H3/t23-,24+,25-,26+/m0/s1. The molecule has 0 aromatic heterocycles. The number of benzene rings is 3. The Hall–Kier alpha value is -3.71. The van der Waals surface area contributed by atoms with Gasteiger partial charge in [0.2, 0.25) is 6.04 Å². The van der Waals surface area contributed by atoms with Gasteiger partial charge in [0.05, 0.1) is 26.2 Å². The van der Waals surface area contributed by atoms with Crippen molar-refractivity contribution < 1.29 is 19.2 Å². The number of methoxy groups -OCH3 is 2. The van der Waals surface area contributed by atoms with Crippen LogP contribution in [0.5, 0.6) is 11.5 Å². The average Bonchev–Trinajstić information content (AvgIpc) is 3.24. The van der Waals surface area contributed by atoms with E-state index in [1.54, 1.807) is 26.4 Å². The van der Waals surface area contributed by atoms with Crippen molar-refractivity contribution in [1.29, 1.82) is 0 Å². The zero-order valence-electron chi connectivity index (χ0n) is 19.1. The molecule has 3 aromatic rings. The summed E-state index contributed by atoms with van der Waals surface area (Å²) in [7, 11) is 3.13. The molecule has 7 nitrogen and oxygen atoms in total. The molecule has 4 atom stereocenters. The first kappa shape index (κ1) is 22.1. The fourth-order valence-electron chi connectivity index (χ4n) is 5.67. The van der Waals surface area contributed by atoms with E-state index in [2.05, 4.69) is 0 Å². The molecule has 3 aromatic carbocycles. The molecule has 0 N–H and O–H groups in total. The van der Waals surface area contributed by atoms with Gasteiger partial charge in [0.1, 0.15) is 6.04 Å². The highest BCUT2D eigenvalue weighted by Crippen LogP contribution is 2.51. The monoisotopic (exact) mass is 458 g/mol. The number of hydrogen-bond donors (Lipinski definition) is 0. The molecule has 0 amide bonds. The summed E-state index contributed by atoms with van der Waals surface area (Å²) in [6.45, 7) is 0.546. The van der Waals surface area contributed by atoms with Crippen molar-refractivity contribution in [3.63, 3.8) is 0 Å². The lowest BCUT2D eigenvalue weighted by molar-refractivity contribution is -0.529. The summed E-state index contributed by atoms with van der Waals surface area (Å²) in [6.07, 6.45) is 0.663. The lowest BCUT2D eigenvalue weighted by Crippen LogP contribution is -2.43. The van der Waals surface area contributed by atoms with Crippen LogP contribution in [0.15, 0.2) is 72.8 Å². The number of nitro groups is 1. The number of carbonyl (C=O) groups excluding carboxylic acids is 1. The molecule has 5 rings (SSSR count). The van der Waals surface area contributed by atoms with Crippen LogP contribution < -0.4 is 9.47 Å². The number of ketones is 1. The third kappa shape index (κ3) is 3.53. The molecule has 0 bridgehead atoms. The molecule has 7 heteroatoms. The third-order valence-electron chi connectivity index (χ3n) is 7.10. The van der Waals surface area contributed by atoms with Crippen LogP contribution in [0.25, 0.3) is 0 Å². The molecule has 1 fully saturated rings. The summed E-state index contributed by atoms with van der Waals surface area (Å²) in [5.41, 5.74) is 3.18. The average molecular weight is 459 g/mol. The Balaban J connectivity index is 1.70. The molecule has 0 saturated carbocycles. The van der Waals surface area contributed by atoms with E-state index in [1.165, 1.54) is 0 Å². The Morgan fingerprint density at radius 2 is 1.59 bits per heavy atom. The van der Waals surface area contributed by atoms with Crippen molar-refractivity contribution >= 4 is 5.78 Å². The second kappa shape index (κ2) is 8.91. The Morgan fingerprint density at radius 1 is 0.971 bits per heavy atom. The smallest absolute Gasteiger partial charge is 0.241 e. The van der Waals surface area contributed by atoms with E-state index in [1.807, 2.05) is 65.6 Å². The summed E-state index contributed by atoms with van der Waals surface area (Å²) in [5.74, 6) is 0.446. The maximum atomic E-state index is 13.9. The van der Waals surface area contributed by atoms with Gasteiger partial charge in [-0.15, -0.1) is 0 Å². The first-order valence-corrected chi connectivity index (χ1v) is 11.3. The summed E-state index contributed by atoms with van der Waals surface area (Å²) < 4.78 is 11.0. The van der Waals surface area contributed by atoms with Crippen LogP contribution in [0.2, 0.25) is 0 Å². The summed E-state index contributed by atoms with van der Waals surface area (Å²) in [5, 5.41) is 12.6. The number of Topliss-reactive ketones (excluding diaryl/α,β-unsaturated/α-hetero) is 1.